The van der Waals surface area contributed by atoms with Crippen LogP contribution in [0.3, 0.4) is 0 Å². The number of hydrogen-bond acceptors (Lipinski definition) is 5. The van der Waals surface area contributed by atoms with Gasteiger partial charge < -0.3 is 5.32 Å². The van der Waals surface area contributed by atoms with Gasteiger partial charge in [-0.25, -0.2) is 13.4 Å². The molecule has 2 aromatic rings. The van der Waals surface area contributed by atoms with E-state index >= 15 is 0 Å². The van der Waals surface area contributed by atoms with Crippen molar-refractivity contribution in [3.05, 3.63) is 54.0 Å². The Morgan fingerprint density at radius 1 is 1.19 bits per heavy atom. The van der Waals surface area contributed by atoms with E-state index in [0.717, 1.165) is 6.26 Å². The number of aromatic nitrogens is 2. The lowest BCUT2D eigenvalue weighted by molar-refractivity contribution is 0.0939. The predicted octanol–water partition coefficient (Wildman–Crippen LogP) is 1.37. The molecule has 2 rings (SSSR count). The first-order valence-electron chi connectivity index (χ1n) is 6.25. The van der Waals surface area contributed by atoms with Crippen LogP contribution in [0, 0.1) is 0 Å². The zero-order valence-corrected chi connectivity index (χ0v) is 12.5. The van der Waals surface area contributed by atoms with E-state index in [0.29, 0.717) is 11.1 Å². The Balaban J connectivity index is 2.18. The van der Waals surface area contributed by atoms with E-state index in [2.05, 4.69) is 15.3 Å². The number of pyridine rings is 2. The number of nitrogens with zero attached hydrogens (tertiary/aromatic N) is 2. The zero-order valence-electron chi connectivity index (χ0n) is 11.6. The van der Waals surface area contributed by atoms with Crippen LogP contribution >= 0.6 is 0 Å². The molecule has 1 amide bonds. The van der Waals surface area contributed by atoms with Crippen LogP contribution < -0.4 is 5.32 Å². The molecular weight excluding hydrogens is 290 g/mol. The molecule has 1 atom stereocenters. The molecule has 2 heterocycles. The number of carbonyl (C=O) groups excluding carboxylic acids is 1. The molecule has 1 unspecified atom stereocenters. The zero-order chi connectivity index (χ0) is 15.5. The maximum absolute atomic E-state index is 12.0. The fourth-order valence-corrected chi connectivity index (χ4v) is 2.37. The SMILES string of the molecule is CC(NC(=O)c1ccncc1)c1ccnc(S(C)(=O)=O)c1. The van der Waals surface area contributed by atoms with E-state index in [1.54, 1.807) is 25.1 Å². The summed E-state index contributed by atoms with van der Waals surface area (Å²) in [6, 6.07) is 6.01. The maximum atomic E-state index is 12.0. The van der Waals surface area contributed by atoms with Gasteiger partial charge in [0.05, 0.1) is 6.04 Å². The second-order valence-corrected chi connectivity index (χ2v) is 6.59. The van der Waals surface area contributed by atoms with Crippen molar-refractivity contribution in [1.29, 1.82) is 0 Å². The van der Waals surface area contributed by atoms with E-state index < -0.39 is 9.84 Å². The summed E-state index contributed by atoms with van der Waals surface area (Å²) in [6.07, 6.45) is 5.59. The number of nitrogens with one attached hydrogen (secondary N) is 1. The summed E-state index contributed by atoms with van der Waals surface area (Å²) < 4.78 is 23.0. The van der Waals surface area contributed by atoms with Crippen molar-refractivity contribution >= 4 is 15.7 Å². The lowest BCUT2D eigenvalue weighted by Crippen LogP contribution is -2.26. The molecule has 21 heavy (non-hydrogen) atoms. The second kappa shape index (κ2) is 6.01. The topological polar surface area (TPSA) is 89.0 Å². The fraction of sp³-hybridized carbons (Fsp3) is 0.214. The van der Waals surface area contributed by atoms with Crippen molar-refractivity contribution in [2.24, 2.45) is 0 Å². The standard InChI is InChI=1S/C14H15N3O3S/c1-10(17-14(18)11-3-6-15-7-4-11)12-5-8-16-13(9-12)21(2,19)20/h3-10H,1-2H3,(H,17,18). The molecule has 7 heteroatoms. The van der Waals surface area contributed by atoms with Gasteiger partial charge in [0, 0.05) is 30.4 Å². The third-order valence-electron chi connectivity index (χ3n) is 2.93. The number of hydrogen-bond donors (Lipinski definition) is 1. The average molecular weight is 305 g/mol. The van der Waals surface area contributed by atoms with E-state index in [9.17, 15) is 13.2 Å². The summed E-state index contributed by atoms with van der Waals surface area (Å²) in [5.74, 6) is -0.248. The quantitative estimate of drug-likeness (QED) is 0.921. The van der Waals surface area contributed by atoms with Gasteiger partial charge in [-0.1, -0.05) is 0 Å². The summed E-state index contributed by atoms with van der Waals surface area (Å²) >= 11 is 0. The summed E-state index contributed by atoms with van der Waals surface area (Å²) in [4.78, 5) is 19.7. The monoisotopic (exact) mass is 305 g/mol. The fourth-order valence-electron chi connectivity index (χ4n) is 1.76. The van der Waals surface area contributed by atoms with Gasteiger partial charge >= 0.3 is 0 Å². The number of sulfone groups is 1. The highest BCUT2D eigenvalue weighted by molar-refractivity contribution is 7.90. The molecule has 0 aromatic carbocycles. The molecule has 0 fully saturated rings. The first-order chi connectivity index (χ1) is 9.88. The molecule has 110 valence electrons. The van der Waals surface area contributed by atoms with Gasteiger partial charge in [-0.05, 0) is 36.8 Å². The van der Waals surface area contributed by atoms with Gasteiger partial charge in [-0.2, -0.15) is 0 Å². The smallest absolute Gasteiger partial charge is 0.251 e. The molecule has 6 nitrogen and oxygen atoms in total. The normalized spacial score (nSPS) is 12.7. The highest BCUT2D eigenvalue weighted by atomic mass is 32.2. The van der Waals surface area contributed by atoms with E-state index in [1.165, 1.54) is 24.7 Å². The van der Waals surface area contributed by atoms with Crippen molar-refractivity contribution in [2.45, 2.75) is 18.0 Å². The summed E-state index contributed by atoms with van der Waals surface area (Å²) in [6.45, 7) is 1.78. The third kappa shape index (κ3) is 3.85. The third-order valence-corrected chi connectivity index (χ3v) is 3.91. The van der Waals surface area contributed by atoms with Gasteiger partial charge in [0.15, 0.2) is 14.9 Å². The van der Waals surface area contributed by atoms with Gasteiger partial charge in [0.1, 0.15) is 0 Å². The molecule has 2 aromatic heterocycles. The van der Waals surface area contributed by atoms with Gasteiger partial charge in [0.2, 0.25) is 0 Å². The number of carbonyl (C=O) groups is 1. The van der Waals surface area contributed by atoms with Crippen LogP contribution in [0.25, 0.3) is 0 Å². The van der Waals surface area contributed by atoms with Crippen molar-refractivity contribution < 1.29 is 13.2 Å². The molecular formula is C14H15N3O3S. The second-order valence-electron chi connectivity index (χ2n) is 4.63. The van der Waals surface area contributed by atoms with Crippen LogP contribution in [0.15, 0.2) is 47.9 Å². The Hall–Kier alpha value is -2.28. The molecule has 0 radical (unpaired) electrons. The van der Waals surface area contributed by atoms with Crippen molar-refractivity contribution in [3.63, 3.8) is 0 Å². The summed E-state index contributed by atoms with van der Waals surface area (Å²) in [5, 5.41) is 2.79. The van der Waals surface area contributed by atoms with Crippen LogP contribution in [-0.4, -0.2) is 30.5 Å². The number of amides is 1. The Labute approximate surface area is 123 Å². The molecule has 0 aliphatic carbocycles. The minimum atomic E-state index is -3.37. The molecule has 1 N–H and O–H groups in total. The Kier molecular flexibility index (Phi) is 4.32. The van der Waals surface area contributed by atoms with Crippen molar-refractivity contribution in [3.8, 4) is 0 Å². The van der Waals surface area contributed by atoms with Crippen LogP contribution in [0.5, 0.6) is 0 Å². The summed E-state index contributed by atoms with van der Waals surface area (Å²) in [5.41, 5.74) is 1.17. The highest BCUT2D eigenvalue weighted by Crippen LogP contribution is 2.16. The van der Waals surface area contributed by atoms with Crippen LogP contribution in [-0.2, 0) is 9.84 Å². The molecule has 0 saturated carbocycles. The largest absolute Gasteiger partial charge is 0.346 e. The van der Waals surface area contributed by atoms with E-state index in [1.807, 2.05) is 0 Å². The highest BCUT2D eigenvalue weighted by Gasteiger charge is 2.15. The Morgan fingerprint density at radius 3 is 2.48 bits per heavy atom. The molecule has 0 spiro atoms. The Morgan fingerprint density at radius 2 is 1.86 bits per heavy atom. The molecule has 0 saturated heterocycles. The minimum absolute atomic E-state index is 0.00925. The molecule has 0 aliphatic rings. The molecule has 0 bridgehead atoms. The minimum Gasteiger partial charge on any atom is -0.346 e. The Bertz CT molecular complexity index is 745. The van der Waals surface area contributed by atoms with E-state index in [4.69, 9.17) is 0 Å². The lowest BCUT2D eigenvalue weighted by Gasteiger charge is -2.14. The van der Waals surface area contributed by atoms with Gasteiger partial charge in [-0.15, -0.1) is 0 Å². The summed E-state index contributed by atoms with van der Waals surface area (Å²) in [7, 11) is -3.37. The van der Waals surface area contributed by atoms with Gasteiger partial charge in [0.25, 0.3) is 5.91 Å². The first-order valence-corrected chi connectivity index (χ1v) is 8.14. The first kappa shape index (κ1) is 15.1. The predicted molar refractivity (Wildman–Crippen MR) is 77.5 cm³/mol. The van der Waals surface area contributed by atoms with Crippen LogP contribution in [0.2, 0.25) is 0 Å². The van der Waals surface area contributed by atoms with Crippen LogP contribution in [0.1, 0.15) is 28.9 Å². The lowest BCUT2D eigenvalue weighted by atomic mass is 10.1. The molecule has 0 aliphatic heterocycles. The van der Waals surface area contributed by atoms with E-state index in [-0.39, 0.29) is 17.0 Å². The van der Waals surface area contributed by atoms with Crippen molar-refractivity contribution in [2.75, 3.05) is 6.26 Å². The average Bonchev–Trinajstić information content (AvgIpc) is 2.47. The maximum Gasteiger partial charge on any atom is 0.251 e. The van der Waals surface area contributed by atoms with Gasteiger partial charge in [-0.3, -0.25) is 9.78 Å². The number of rotatable bonds is 4. The van der Waals surface area contributed by atoms with Crippen molar-refractivity contribution in [1.82, 2.24) is 15.3 Å². The van der Waals surface area contributed by atoms with Crippen LogP contribution in [0.4, 0.5) is 0 Å².